The summed E-state index contributed by atoms with van der Waals surface area (Å²) in [5.74, 6) is -0.324. The number of pyridine rings is 1. The van der Waals surface area contributed by atoms with Gasteiger partial charge in [0.25, 0.3) is 0 Å². The molecule has 3 atom stereocenters. The number of hydrogen-bond donors (Lipinski definition) is 1. The summed E-state index contributed by atoms with van der Waals surface area (Å²) in [6.45, 7) is 4.09. The molecule has 4 aromatic rings. The molecule has 248 valence electrons. The summed E-state index contributed by atoms with van der Waals surface area (Å²) >= 11 is 6.77. The van der Waals surface area contributed by atoms with E-state index in [-0.39, 0.29) is 43.6 Å². The molecule has 3 saturated heterocycles. The molecule has 3 fully saturated rings. The minimum Gasteiger partial charge on any atom is -0.461 e. The van der Waals surface area contributed by atoms with Gasteiger partial charge in [-0.1, -0.05) is 11.6 Å². The summed E-state index contributed by atoms with van der Waals surface area (Å²) in [4.78, 5) is 30.9. The van der Waals surface area contributed by atoms with Crippen LogP contribution in [-0.4, -0.2) is 106 Å². The summed E-state index contributed by atoms with van der Waals surface area (Å²) in [6.07, 6.45) is 4.25. The third-order valence-electron chi connectivity index (χ3n) is 9.77. The molecular weight excluding hydrogens is 636 g/mol. The van der Waals surface area contributed by atoms with Crippen LogP contribution in [0.2, 0.25) is 5.02 Å². The maximum Gasteiger partial charge on any atom is 0.508 e. The zero-order chi connectivity index (χ0) is 32.3. The van der Waals surface area contributed by atoms with Crippen LogP contribution < -0.4 is 9.64 Å². The van der Waals surface area contributed by atoms with Crippen LogP contribution >= 0.6 is 11.6 Å². The maximum absolute atomic E-state index is 17.0. The van der Waals surface area contributed by atoms with Crippen molar-refractivity contribution in [1.29, 1.82) is 0 Å². The Bertz CT molecular complexity index is 1880. The molecule has 1 N–H and O–H groups in total. The Morgan fingerprint density at radius 3 is 2.98 bits per heavy atom. The summed E-state index contributed by atoms with van der Waals surface area (Å²) in [5, 5.41) is 8.44. The number of H-pyrrole nitrogens is 1. The number of aromatic nitrogens is 5. The number of aromatic amines is 1. The van der Waals surface area contributed by atoms with Gasteiger partial charge in [-0.25, -0.2) is 13.6 Å². The van der Waals surface area contributed by atoms with Crippen molar-refractivity contribution in [3.63, 3.8) is 0 Å². The Morgan fingerprint density at radius 2 is 2.09 bits per heavy atom. The van der Waals surface area contributed by atoms with Crippen molar-refractivity contribution in [3.05, 3.63) is 34.9 Å². The lowest BCUT2D eigenvalue weighted by Gasteiger charge is -2.33. The number of nitrogens with one attached hydrogen (secondary N) is 1. The molecule has 5 aliphatic rings. The summed E-state index contributed by atoms with van der Waals surface area (Å²) in [5.41, 5.74) is 0.192. The van der Waals surface area contributed by atoms with Crippen LogP contribution in [0.1, 0.15) is 38.2 Å². The van der Waals surface area contributed by atoms with Crippen molar-refractivity contribution in [2.75, 3.05) is 57.5 Å². The lowest BCUT2D eigenvalue weighted by Crippen LogP contribution is -2.46. The van der Waals surface area contributed by atoms with E-state index in [9.17, 15) is 9.18 Å². The predicted octanol–water partition coefficient (Wildman–Crippen LogP) is 5.01. The van der Waals surface area contributed by atoms with Gasteiger partial charge < -0.3 is 23.8 Å². The average Bonchev–Trinajstić information content (AvgIpc) is 3.69. The van der Waals surface area contributed by atoms with Gasteiger partial charge in [0.15, 0.2) is 11.4 Å². The van der Waals surface area contributed by atoms with Crippen LogP contribution in [0.3, 0.4) is 0 Å². The molecule has 8 heterocycles. The largest absolute Gasteiger partial charge is 0.508 e. The number of alkyl halides is 1. The number of halogens is 3. The molecule has 0 unspecified atom stereocenters. The molecule has 3 aromatic heterocycles. The highest BCUT2D eigenvalue weighted by atomic mass is 35.5. The molecular formula is C32H34ClF2N7O5. The average molecular weight is 670 g/mol. The van der Waals surface area contributed by atoms with Gasteiger partial charge in [-0.2, -0.15) is 15.1 Å². The molecule has 1 aromatic carbocycles. The van der Waals surface area contributed by atoms with Crippen molar-refractivity contribution >= 4 is 45.4 Å². The van der Waals surface area contributed by atoms with Gasteiger partial charge in [0.1, 0.15) is 29.8 Å². The second-order valence-electron chi connectivity index (χ2n) is 13.1. The highest BCUT2D eigenvalue weighted by Crippen LogP contribution is 2.42. The number of carbonyl (C=O) groups is 1. The fourth-order valence-corrected chi connectivity index (χ4v) is 7.93. The third-order valence-corrected chi connectivity index (χ3v) is 10.1. The first kappa shape index (κ1) is 30.5. The molecule has 0 aliphatic carbocycles. The Labute approximate surface area is 273 Å². The van der Waals surface area contributed by atoms with Crippen molar-refractivity contribution in [1.82, 2.24) is 30.0 Å². The van der Waals surface area contributed by atoms with Crippen LogP contribution in [0.5, 0.6) is 6.01 Å². The Balaban J connectivity index is 1.31. The standard InChI is InChI=1S/C32H34ClF2N7O5/c1-31-15-41(7-9-44-16-31)28-21-12-36-27(24-19(4-2-8-45-30(43)47-31)22(33)10-23-20(24)13-37-40-23)25(35)26(21)38-29(39-28)46-17-32-5-3-6-42(32)14-18(34)11-32/h10,12-13,18H,2-9,11,14-17H2,1H3,(H,37,40)/t18-,31+,32+/m1/s1. The zero-order valence-corrected chi connectivity index (χ0v) is 26.6. The molecule has 0 amide bonds. The Morgan fingerprint density at radius 1 is 1.19 bits per heavy atom. The van der Waals surface area contributed by atoms with E-state index < -0.39 is 29.3 Å². The molecule has 0 saturated carbocycles. The summed E-state index contributed by atoms with van der Waals surface area (Å²) in [6, 6.07) is 1.69. The van der Waals surface area contributed by atoms with E-state index in [1.807, 2.05) is 4.90 Å². The van der Waals surface area contributed by atoms with Gasteiger partial charge in [-0.3, -0.25) is 15.0 Å². The van der Waals surface area contributed by atoms with Gasteiger partial charge in [-0.05, 0) is 50.8 Å². The lowest BCUT2D eigenvalue weighted by atomic mass is 9.95. The summed E-state index contributed by atoms with van der Waals surface area (Å²) in [7, 11) is 0. The van der Waals surface area contributed by atoms with Crippen molar-refractivity contribution in [2.24, 2.45) is 0 Å². The smallest absolute Gasteiger partial charge is 0.461 e. The second-order valence-corrected chi connectivity index (χ2v) is 13.6. The monoisotopic (exact) mass is 669 g/mol. The number of benzene rings is 1. The first-order valence-electron chi connectivity index (χ1n) is 15.9. The number of carbonyl (C=O) groups excluding carboxylic acids is 1. The summed E-state index contributed by atoms with van der Waals surface area (Å²) < 4.78 is 54.9. The third kappa shape index (κ3) is 5.39. The van der Waals surface area contributed by atoms with E-state index in [4.69, 9.17) is 35.5 Å². The highest BCUT2D eigenvalue weighted by molar-refractivity contribution is 6.33. The lowest BCUT2D eigenvalue weighted by molar-refractivity contribution is -0.0575. The Hall–Kier alpha value is -3.88. The minimum atomic E-state index is -1.11. The first-order chi connectivity index (χ1) is 22.7. The van der Waals surface area contributed by atoms with E-state index >= 15 is 4.39 Å². The van der Waals surface area contributed by atoms with Crippen LogP contribution in [0, 0.1) is 5.82 Å². The number of fused-ring (bicyclic) bond motifs is 8. The van der Waals surface area contributed by atoms with Crippen LogP contribution in [0.25, 0.3) is 33.1 Å². The van der Waals surface area contributed by atoms with Crippen LogP contribution in [0.4, 0.5) is 19.4 Å². The Kier molecular flexibility index (Phi) is 7.56. The fourth-order valence-electron chi connectivity index (χ4n) is 7.63. The minimum absolute atomic E-state index is 0.00688. The number of ether oxygens (including phenoxy) is 4. The van der Waals surface area contributed by atoms with E-state index in [0.29, 0.717) is 77.2 Å². The quantitative estimate of drug-likeness (QED) is 0.296. The number of anilines is 1. The number of rotatable bonds is 3. The normalized spacial score (nSPS) is 26.8. The van der Waals surface area contributed by atoms with Gasteiger partial charge in [0.2, 0.25) is 0 Å². The molecule has 0 radical (unpaired) electrons. The number of hydrogen-bond acceptors (Lipinski definition) is 11. The molecule has 9 rings (SSSR count). The van der Waals surface area contributed by atoms with Gasteiger partial charge in [0.05, 0.1) is 49.0 Å². The van der Waals surface area contributed by atoms with Crippen LogP contribution in [-0.2, 0) is 20.6 Å². The van der Waals surface area contributed by atoms with Crippen molar-refractivity contribution < 1.29 is 32.5 Å². The molecule has 15 heteroatoms. The van der Waals surface area contributed by atoms with Crippen LogP contribution in [0.15, 0.2) is 18.5 Å². The molecule has 6 bridgehead atoms. The zero-order valence-electron chi connectivity index (χ0n) is 25.9. The molecule has 47 heavy (non-hydrogen) atoms. The van der Waals surface area contributed by atoms with E-state index in [0.717, 1.165) is 19.4 Å². The number of nitrogens with zero attached hydrogens (tertiary/aromatic N) is 6. The molecule has 5 aliphatic heterocycles. The second kappa shape index (κ2) is 11.7. The predicted molar refractivity (Wildman–Crippen MR) is 168 cm³/mol. The van der Waals surface area contributed by atoms with E-state index in [2.05, 4.69) is 25.1 Å². The van der Waals surface area contributed by atoms with Gasteiger partial charge in [0, 0.05) is 41.7 Å². The molecule has 0 spiro atoms. The SMILES string of the molecule is C[C@@]12COCCN(C1)c1nc(OC[C@@]34CCCN3C[C@H](F)C4)nc3c(F)c(ncc13)-c1c(c(Cl)cc3[nH]ncc13)CCCOC(=O)O2. The topological polar surface area (TPSA) is 128 Å². The van der Waals surface area contributed by atoms with Crippen molar-refractivity contribution in [3.8, 4) is 17.3 Å². The maximum atomic E-state index is 17.0. The highest BCUT2D eigenvalue weighted by Gasteiger charge is 2.49. The fraction of sp³-hybridized carbons (Fsp3) is 0.531. The van der Waals surface area contributed by atoms with Crippen molar-refractivity contribution in [2.45, 2.75) is 56.3 Å². The van der Waals surface area contributed by atoms with E-state index in [1.54, 1.807) is 25.4 Å². The molecule has 12 nitrogen and oxygen atoms in total. The van der Waals surface area contributed by atoms with Gasteiger partial charge in [-0.15, -0.1) is 0 Å². The van der Waals surface area contributed by atoms with E-state index in [1.165, 1.54) is 0 Å². The first-order valence-corrected chi connectivity index (χ1v) is 16.3. The van der Waals surface area contributed by atoms with Gasteiger partial charge >= 0.3 is 12.2 Å².